The molecular weight excluding hydrogens is 494 g/mol. The first-order valence-electron chi connectivity index (χ1n) is 13.9. The van der Waals surface area contributed by atoms with Gasteiger partial charge < -0.3 is 15.2 Å². The van der Waals surface area contributed by atoms with Crippen LogP contribution >= 0.6 is 0 Å². The fourth-order valence-corrected chi connectivity index (χ4v) is 4.57. The molecule has 0 aliphatic carbocycles. The topological polar surface area (TPSA) is 58.6 Å². The molecule has 0 aliphatic rings. The molecule has 0 atom stereocenters. The van der Waals surface area contributed by atoms with Crippen LogP contribution < -0.4 is 20.5 Å². The van der Waals surface area contributed by atoms with Gasteiger partial charge >= 0.3 is 0 Å². The third-order valence-corrected chi connectivity index (χ3v) is 6.63. The molecule has 0 saturated heterocycles. The lowest BCUT2D eigenvalue weighted by molar-refractivity contribution is 0.0948. The molecule has 0 heterocycles. The number of hydrogen-bond donors (Lipinski definition) is 2. The summed E-state index contributed by atoms with van der Waals surface area (Å²) in [5, 5.41) is 15.7. The zero-order chi connectivity index (χ0) is 28.2. The number of phenols is 1. The highest BCUT2D eigenvalue weighted by molar-refractivity contribution is 5.98. The highest BCUT2D eigenvalue weighted by Crippen LogP contribution is 2.28. The molecule has 0 saturated carbocycles. The molecule has 40 heavy (non-hydrogen) atoms. The Balaban J connectivity index is 1.63. The SMILES string of the molecule is C\C=C/C=c1/cc(-c2ccc(OCc3ccccc3)c(C(=O)NCCCc3ccccc3)c2)cc(O)/c1=C\CC. The average molecular weight is 532 g/mol. The maximum atomic E-state index is 13.4. The summed E-state index contributed by atoms with van der Waals surface area (Å²) in [4.78, 5) is 13.4. The number of hydrogen-bond acceptors (Lipinski definition) is 3. The number of ether oxygens (including phenoxy) is 1. The zero-order valence-electron chi connectivity index (χ0n) is 23.3. The molecule has 0 aliphatic heterocycles. The number of aryl methyl sites for hydroxylation is 1. The molecule has 0 spiro atoms. The predicted octanol–water partition coefficient (Wildman–Crippen LogP) is 6.55. The lowest BCUT2D eigenvalue weighted by Crippen LogP contribution is -2.26. The zero-order valence-corrected chi connectivity index (χ0v) is 23.3. The number of aromatic hydroxyl groups is 1. The molecule has 2 N–H and O–H groups in total. The van der Waals surface area contributed by atoms with Crippen molar-refractivity contribution in [2.45, 2.75) is 39.7 Å². The third kappa shape index (κ3) is 7.73. The number of nitrogens with one attached hydrogen (secondary N) is 1. The van der Waals surface area contributed by atoms with Crippen LogP contribution in [0.25, 0.3) is 23.3 Å². The number of rotatable bonds is 11. The fraction of sp³-hybridized carbons (Fsp3) is 0.194. The van der Waals surface area contributed by atoms with Crippen molar-refractivity contribution in [3.63, 3.8) is 0 Å². The highest BCUT2D eigenvalue weighted by Gasteiger charge is 2.15. The van der Waals surface area contributed by atoms with Gasteiger partial charge in [0.15, 0.2) is 0 Å². The van der Waals surface area contributed by atoms with Crippen molar-refractivity contribution in [2.75, 3.05) is 6.54 Å². The summed E-state index contributed by atoms with van der Waals surface area (Å²) >= 11 is 0. The van der Waals surface area contributed by atoms with Crippen molar-refractivity contribution >= 4 is 18.1 Å². The van der Waals surface area contributed by atoms with E-state index >= 15 is 0 Å². The third-order valence-electron chi connectivity index (χ3n) is 6.63. The number of allylic oxidation sites excluding steroid dienone is 2. The van der Waals surface area contributed by atoms with E-state index in [1.165, 1.54) is 5.56 Å². The van der Waals surface area contributed by atoms with Crippen LogP contribution in [-0.2, 0) is 13.0 Å². The van der Waals surface area contributed by atoms with Crippen LogP contribution in [0, 0.1) is 0 Å². The summed E-state index contributed by atoms with van der Waals surface area (Å²) in [6.07, 6.45) is 10.5. The number of carbonyl (C=O) groups excluding carboxylic acids is 1. The summed E-state index contributed by atoms with van der Waals surface area (Å²) in [5.74, 6) is 0.555. The number of amides is 1. The predicted molar refractivity (Wildman–Crippen MR) is 165 cm³/mol. The summed E-state index contributed by atoms with van der Waals surface area (Å²) in [7, 11) is 0. The van der Waals surface area contributed by atoms with Crippen molar-refractivity contribution in [3.05, 3.63) is 130 Å². The Morgan fingerprint density at radius 2 is 1.62 bits per heavy atom. The van der Waals surface area contributed by atoms with Gasteiger partial charge in [-0.25, -0.2) is 0 Å². The molecule has 4 aromatic rings. The molecule has 4 aromatic carbocycles. The van der Waals surface area contributed by atoms with Crippen molar-refractivity contribution in [2.24, 2.45) is 0 Å². The van der Waals surface area contributed by atoms with Crippen LogP contribution in [0.1, 0.15) is 48.2 Å². The Bertz CT molecular complexity index is 1560. The molecule has 4 rings (SSSR count). The summed E-state index contributed by atoms with van der Waals surface area (Å²) in [5.41, 5.74) is 4.40. The van der Waals surface area contributed by atoms with Crippen LogP contribution in [0.15, 0.2) is 103 Å². The van der Waals surface area contributed by atoms with Gasteiger partial charge in [-0.1, -0.05) is 98.0 Å². The Morgan fingerprint density at radius 3 is 2.33 bits per heavy atom. The van der Waals surface area contributed by atoms with E-state index in [2.05, 4.69) is 17.4 Å². The number of carbonyl (C=O) groups is 1. The minimum absolute atomic E-state index is 0.182. The molecule has 204 valence electrons. The molecule has 0 bridgehead atoms. The highest BCUT2D eigenvalue weighted by atomic mass is 16.5. The van der Waals surface area contributed by atoms with Gasteiger partial charge in [-0.2, -0.15) is 0 Å². The Labute approximate surface area is 237 Å². The minimum atomic E-state index is -0.182. The molecule has 4 heteroatoms. The first-order chi connectivity index (χ1) is 19.6. The maximum absolute atomic E-state index is 13.4. The first-order valence-corrected chi connectivity index (χ1v) is 13.9. The van der Waals surface area contributed by atoms with Crippen molar-refractivity contribution < 1.29 is 14.6 Å². The minimum Gasteiger partial charge on any atom is -0.507 e. The van der Waals surface area contributed by atoms with Gasteiger partial charge in [0, 0.05) is 11.8 Å². The first kappa shape index (κ1) is 28.4. The molecule has 0 fully saturated rings. The van der Waals surface area contributed by atoms with Crippen molar-refractivity contribution in [3.8, 4) is 22.6 Å². The van der Waals surface area contributed by atoms with E-state index in [1.54, 1.807) is 6.07 Å². The molecule has 0 unspecified atom stereocenters. The van der Waals surface area contributed by atoms with Crippen LogP contribution in [0.4, 0.5) is 0 Å². The van der Waals surface area contributed by atoms with Crippen molar-refractivity contribution in [1.82, 2.24) is 5.32 Å². The Kier molecular flexibility index (Phi) is 10.3. The van der Waals surface area contributed by atoms with E-state index in [0.29, 0.717) is 24.5 Å². The van der Waals surface area contributed by atoms with E-state index in [4.69, 9.17) is 4.74 Å². The summed E-state index contributed by atoms with van der Waals surface area (Å²) < 4.78 is 6.13. The van der Waals surface area contributed by atoms with Crippen LogP contribution in [0.5, 0.6) is 11.5 Å². The van der Waals surface area contributed by atoms with Crippen molar-refractivity contribution in [1.29, 1.82) is 0 Å². The quantitative estimate of drug-likeness (QED) is 0.216. The van der Waals surface area contributed by atoms with Gasteiger partial charge in [-0.15, -0.1) is 0 Å². The summed E-state index contributed by atoms with van der Waals surface area (Å²) in [6.45, 7) is 4.92. The van der Waals surface area contributed by atoms with Crippen LogP contribution in [0.2, 0.25) is 0 Å². The second-order valence-electron chi connectivity index (χ2n) is 9.63. The van der Waals surface area contributed by atoms with Gasteiger partial charge in [-0.05, 0) is 77.9 Å². The molecule has 4 nitrogen and oxygen atoms in total. The standard InChI is InChI=1S/C36H37NO3/c1-3-5-19-30-23-31(25-34(38)32(30)13-4-2)29-20-21-35(40-26-28-16-10-7-11-17-28)33(24-29)36(39)37-22-12-18-27-14-8-6-9-15-27/h3,5-11,13-17,19-21,23-25,38H,4,12,18,22,26H2,1-2H3,(H,37,39)/b5-3-,30-19-,32-13-. The Hall–Kier alpha value is -4.57. The second-order valence-corrected chi connectivity index (χ2v) is 9.63. The summed E-state index contributed by atoms with van der Waals surface area (Å²) in [6, 6.07) is 29.6. The van der Waals surface area contributed by atoms with Gasteiger partial charge in [0.25, 0.3) is 5.91 Å². The monoisotopic (exact) mass is 531 g/mol. The maximum Gasteiger partial charge on any atom is 0.255 e. The van der Waals surface area contributed by atoms with E-state index in [-0.39, 0.29) is 11.7 Å². The van der Waals surface area contributed by atoms with Crippen LogP contribution in [-0.4, -0.2) is 17.6 Å². The normalized spacial score (nSPS) is 12.2. The van der Waals surface area contributed by atoms with Gasteiger partial charge in [0.2, 0.25) is 0 Å². The molecule has 0 aromatic heterocycles. The number of phenolic OH excluding ortho intramolecular Hbond substituents is 1. The van der Waals surface area contributed by atoms with E-state index in [0.717, 1.165) is 46.4 Å². The average Bonchev–Trinajstić information content (AvgIpc) is 2.99. The van der Waals surface area contributed by atoms with Gasteiger partial charge in [-0.3, -0.25) is 4.79 Å². The van der Waals surface area contributed by atoms with E-state index < -0.39 is 0 Å². The lowest BCUT2D eigenvalue weighted by atomic mass is 9.99. The Morgan fingerprint density at radius 1 is 0.900 bits per heavy atom. The van der Waals surface area contributed by atoms with E-state index in [1.807, 2.05) is 111 Å². The molecule has 0 radical (unpaired) electrons. The number of benzene rings is 4. The van der Waals surface area contributed by atoms with Gasteiger partial charge in [0.1, 0.15) is 18.1 Å². The molecular formula is C36H37NO3. The smallest absolute Gasteiger partial charge is 0.255 e. The molecule has 1 amide bonds. The van der Waals surface area contributed by atoms with E-state index in [9.17, 15) is 9.90 Å². The van der Waals surface area contributed by atoms with Crippen LogP contribution in [0.3, 0.4) is 0 Å². The van der Waals surface area contributed by atoms with Gasteiger partial charge in [0.05, 0.1) is 5.56 Å². The fourth-order valence-electron chi connectivity index (χ4n) is 4.57. The lowest BCUT2D eigenvalue weighted by Gasteiger charge is -2.14. The largest absolute Gasteiger partial charge is 0.507 e. The second kappa shape index (κ2) is 14.5.